The Kier molecular flexibility index (Phi) is 3.21. The molecule has 0 aliphatic rings. The molecule has 0 saturated heterocycles. The van der Waals surface area contributed by atoms with E-state index < -0.39 is 0 Å². The molecule has 0 aliphatic heterocycles. The molecule has 0 radical (unpaired) electrons. The molecule has 0 atom stereocenters. The summed E-state index contributed by atoms with van der Waals surface area (Å²) < 4.78 is 15.4. The summed E-state index contributed by atoms with van der Waals surface area (Å²) in [5, 5.41) is 8.26. The van der Waals surface area contributed by atoms with Gasteiger partial charge in [0.15, 0.2) is 5.16 Å². The van der Waals surface area contributed by atoms with Gasteiger partial charge in [-0.3, -0.25) is 0 Å². The van der Waals surface area contributed by atoms with Gasteiger partial charge in [0.2, 0.25) is 0 Å². The van der Waals surface area contributed by atoms with E-state index in [1.165, 1.54) is 17.8 Å². The predicted octanol–water partition coefficient (Wildman–Crippen LogP) is 1.56. The highest BCUT2D eigenvalue weighted by Gasteiger charge is 2.08. The molecule has 0 fully saturated rings. The number of hydrogen-bond acceptors (Lipinski definition) is 4. The van der Waals surface area contributed by atoms with Crippen molar-refractivity contribution in [1.29, 1.82) is 0 Å². The Balaban J connectivity index is 2.25. The SMILES string of the molecule is Cn1cnnc1Sc1ccc(CN)cc1F. The van der Waals surface area contributed by atoms with Crippen molar-refractivity contribution in [3.63, 3.8) is 0 Å². The highest BCUT2D eigenvalue weighted by molar-refractivity contribution is 7.99. The summed E-state index contributed by atoms with van der Waals surface area (Å²) in [5.74, 6) is -0.282. The van der Waals surface area contributed by atoms with Crippen LogP contribution in [0.5, 0.6) is 0 Å². The van der Waals surface area contributed by atoms with E-state index in [0.717, 1.165) is 5.56 Å². The van der Waals surface area contributed by atoms with E-state index in [0.29, 0.717) is 16.6 Å². The summed E-state index contributed by atoms with van der Waals surface area (Å²) in [6.45, 7) is 0.339. The minimum atomic E-state index is -0.282. The third-order valence-electron chi connectivity index (χ3n) is 2.10. The van der Waals surface area contributed by atoms with E-state index in [-0.39, 0.29) is 5.82 Å². The largest absolute Gasteiger partial charge is 0.326 e. The van der Waals surface area contributed by atoms with E-state index >= 15 is 0 Å². The number of halogens is 1. The lowest BCUT2D eigenvalue weighted by atomic mass is 10.2. The summed E-state index contributed by atoms with van der Waals surface area (Å²) in [6, 6.07) is 4.96. The highest BCUT2D eigenvalue weighted by Crippen LogP contribution is 2.28. The van der Waals surface area contributed by atoms with Gasteiger partial charge in [-0.25, -0.2) is 4.39 Å². The van der Waals surface area contributed by atoms with Crippen LogP contribution in [0, 0.1) is 5.82 Å². The fraction of sp³-hybridized carbons (Fsp3) is 0.200. The molecular weight excluding hydrogens is 227 g/mol. The summed E-state index contributed by atoms with van der Waals surface area (Å²) in [5.41, 5.74) is 6.21. The van der Waals surface area contributed by atoms with Crippen LogP contribution in [0.15, 0.2) is 34.6 Å². The van der Waals surface area contributed by atoms with E-state index in [1.807, 2.05) is 13.1 Å². The van der Waals surface area contributed by atoms with Crippen molar-refractivity contribution >= 4 is 11.8 Å². The zero-order valence-corrected chi connectivity index (χ0v) is 9.54. The minimum absolute atomic E-state index is 0.282. The molecule has 16 heavy (non-hydrogen) atoms. The van der Waals surface area contributed by atoms with E-state index in [9.17, 15) is 4.39 Å². The fourth-order valence-corrected chi connectivity index (χ4v) is 1.99. The Bertz CT molecular complexity index is 497. The van der Waals surface area contributed by atoms with Gasteiger partial charge in [0, 0.05) is 13.6 Å². The van der Waals surface area contributed by atoms with E-state index in [1.54, 1.807) is 17.0 Å². The normalized spacial score (nSPS) is 10.7. The van der Waals surface area contributed by atoms with Crippen molar-refractivity contribution in [2.24, 2.45) is 12.8 Å². The van der Waals surface area contributed by atoms with Gasteiger partial charge in [-0.2, -0.15) is 0 Å². The van der Waals surface area contributed by atoms with Gasteiger partial charge in [0.1, 0.15) is 12.1 Å². The van der Waals surface area contributed by atoms with Crippen LogP contribution in [-0.2, 0) is 13.6 Å². The van der Waals surface area contributed by atoms with Crippen LogP contribution in [-0.4, -0.2) is 14.8 Å². The molecule has 0 bridgehead atoms. The molecule has 1 aromatic heterocycles. The Labute approximate surface area is 96.7 Å². The third kappa shape index (κ3) is 2.23. The standard InChI is InChI=1S/C10H11FN4S/c1-15-6-13-14-10(15)16-9-3-2-7(5-12)4-8(9)11/h2-4,6H,5,12H2,1H3. The fourth-order valence-electron chi connectivity index (χ4n) is 1.22. The first-order valence-corrected chi connectivity index (χ1v) is 5.52. The van der Waals surface area contributed by atoms with Crippen molar-refractivity contribution in [2.45, 2.75) is 16.6 Å². The summed E-state index contributed by atoms with van der Waals surface area (Å²) in [4.78, 5) is 0.522. The molecule has 4 nitrogen and oxygen atoms in total. The third-order valence-corrected chi connectivity index (χ3v) is 3.21. The van der Waals surface area contributed by atoms with Crippen molar-refractivity contribution in [3.05, 3.63) is 35.9 Å². The number of nitrogens with two attached hydrogens (primary N) is 1. The molecule has 0 aliphatic carbocycles. The molecule has 84 valence electrons. The average Bonchev–Trinajstić information content (AvgIpc) is 2.67. The Morgan fingerprint density at radius 1 is 1.50 bits per heavy atom. The molecular formula is C10H11FN4S. The topological polar surface area (TPSA) is 56.7 Å². The van der Waals surface area contributed by atoms with Crippen LogP contribution < -0.4 is 5.73 Å². The predicted molar refractivity (Wildman–Crippen MR) is 59.4 cm³/mol. The van der Waals surface area contributed by atoms with Gasteiger partial charge in [-0.15, -0.1) is 10.2 Å². The highest BCUT2D eigenvalue weighted by atomic mass is 32.2. The monoisotopic (exact) mass is 238 g/mol. The first-order valence-electron chi connectivity index (χ1n) is 4.71. The quantitative estimate of drug-likeness (QED) is 0.881. The molecule has 2 rings (SSSR count). The van der Waals surface area contributed by atoms with Crippen molar-refractivity contribution in [3.8, 4) is 0 Å². The van der Waals surface area contributed by atoms with Crippen molar-refractivity contribution in [2.75, 3.05) is 0 Å². The van der Waals surface area contributed by atoms with Gasteiger partial charge in [0.05, 0.1) is 4.90 Å². The summed E-state index contributed by atoms with van der Waals surface area (Å²) in [7, 11) is 1.81. The molecule has 0 spiro atoms. The average molecular weight is 238 g/mol. The van der Waals surface area contributed by atoms with Gasteiger partial charge >= 0.3 is 0 Å². The smallest absolute Gasteiger partial charge is 0.195 e. The number of hydrogen-bond donors (Lipinski definition) is 1. The van der Waals surface area contributed by atoms with Gasteiger partial charge < -0.3 is 10.3 Å². The van der Waals surface area contributed by atoms with Gasteiger partial charge in [0.25, 0.3) is 0 Å². The molecule has 0 unspecified atom stereocenters. The number of benzene rings is 1. The molecule has 2 aromatic rings. The number of aryl methyl sites for hydroxylation is 1. The van der Waals surface area contributed by atoms with E-state index in [2.05, 4.69) is 10.2 Å². The second-order valence-corrected chi connectivity index (χ2v) is 4.30. The Hall–Kier alpha value is -1.40. The lowest BCUT2D eigenvalue weighted by molar-refractivity contribution is 0.599. The Morgan fingerprint density at radius 3 is 2.88 bits per heavy atom. The molecule has 0 saturated carbocycles. The second kappa shape index (κ2) is 4.63. The molecule has 2 N–H and O–H groups in total. The number of nitrogens with zero attached hydrogens (tertiary/aromatic N) is 3. The number of rotatable bonds is 3. The van der Waals surface area contributed by atoms with Crippen molar-refractivity contribution in [1.82, 2.24) is 14.8 Å². The molecule has 6 heteroatoms. The van der Waals surface area contributed by atoms with Crippen LogP contribution in [0.1, 0.15) is 5.56 Å². The maximum atomic E-state index is 13.6. The molecule has 1 heterocycles. The first-order chi connectivity index (χ1) is 7.70. The maximum absolute atomic E-state index is 13.6. The van der Waals surface area contributed by atoms with Gasteiger partial charge in [-0.05, 0) is 29.5 Å². The molecule has 0 amide bonds. The zero-order chi connectivity index (χ0) is 11.5. The van der Waals surface area contributed by atoms with Crippen LogP contribution in [0.25, 0.3) is 0 Å². The zero-order valence-electron chi connectivity index (χ0n) is 8.72. The van der Waals surface area contributed by atoms with Crippen LogP contribution in [0.4, 0.5) is 4.39 Å². The maximum Gasteiger partial charge on any atom is 0.195 e. The second-order valence-electron chi connectivity index (χ2n) is 3.30. The number of aromatic nitrogens is 3. The van der Waals surface area contributed by atoms with Gasteiger partial charge in [-0.1, -0.05) is 6.07 Å². The lowest BCUT2D eigenvalue weighted by Crippen LogP contribution is -1.97. The Morgan fingerprint density at radius 2 is 2.31 bits per heavy atom. The minimum Gasteiger partial charge on any atom is -0.326 e. The van der Waals surface area contributed by atoms with Crippen molar-refractivity contribution < 1.29 is 4.39 Å². The lowest BCUT2D eigenvalue weighted by Gasteiger charge is -2.03. The first kappa shape index (κ1) is 11.1. The van der Waals surface area contributed by atoms with Crippen LogP contribution in [0.2, 0.25) is 0 Å². The van der Waals surface area contributed by atoms with Crippen LogP contribution in [0.3, 0.4) is 0 Å². The summed E-state index contributed by atoms with van der Waals surface area (Å²) >= 11 is 1.24. The summed E-state index contributed by atoms with van der Waals surface area (Å²) in [6.07, 6.45) is 1.58. The van der Waals surface area contributed by atoms with Crippen LogP contribution >= 0.6 is 11.8 Å². The van der Waals surface area contributed by atoms with E-state index in [4.69, 9.17) is 5.73 Å². The molecule has 1 aromatic carbocycles.